The van der Waals surface area contributed by atoms with Gasteiger partial charge in [-0.25, -0.2) is 9.59 Å². The van der Waals surface area contributed by atoms with Gasteiger partial charge in [0.15, 0.2) is 0 Å². The van der Waals surface area contributed by atoms with Gasteiger partial charge in [0, 0.05) is 6.54 Å². The molecule has 0 bridgehead atoms. The summed E-state index contributed by atoms with van der Waals surface area (Å²) in [6.45, 7) is 4.08. The van der Waals surface area contributed by atoms with E-state index < -0.39 is 17.7 Å². The summed E-state index contributed by atoms with van der Waals surface area (Å²) in [7, 11) is 0. The number of nitrogens with zero attached hydrogens (tertiary/aromatic N) is 1. The molecular formula is C10H15N3O4. The number of imide groups is 1. The molecule has 1 atom stereocenters. The Morgan fingerprint density at radius 1 is 1.47 bits per heavy atom. The van der Waals surface area contributed by atoms with E-state index in [-0.39, 0.29) is 18.6 Å². The molecule has 1 spiro atoms. The third-order valence-electron chi connectivity index (χ3n) is 2.88. The molecule has 94 valence electrons. The number of amides is 4. The molecule has 0 aromatic rings. The van der Waals surface area contributed by atoms with E-state index in [1.807, 2.05) is 0 Å². The van der Waals surface area contributed by atoms with Crippen LogP contribution < -0.4 is 10.6 Å². The van der Waals surface area contributed by atoms with E-state index in [1.165, 1.54) is 4.90 Å². The fraction of sp³-hybridized carbons (Fsp3) is 0.700. The molecule has 0 aliphatic carbocycles. The molecule has 0 aromatic heterocycles. The van der Waals surface area contributed by atoms with Gasteiger partial charge in [0.05, 0.1) is 12.6 Å². The number of nitrogens with one attached hydrogen (secondary N) is 2. The Bertz CT molecular complexity index is 382. The molecule has 0 radical (unpaired) electrons. The smallest absolute Gasteiger partial charge is 0.410 e. The minimum Gasteiger partial charge on any atom is -0.447 e. The Balaban J connectivity index is 2.02. The summed E-state index contributed by atoms with van der Waals surface area (Å²) in [4.78, 5) is 35.8. The second kappa shape index (κ2) is 3.90. The van der Waals surface area contributed by atoms with Crippen molar-refractivity contribution in [3.63, 3.8) is 0 Å². The summed E-state index contributed by atoms with van der Waals surface area (Å²) in [5.74, 6) is -0.373. The van der Waals surface area contributed by atoms with Gasteiger partial charge in [-0.15, -0.1) is 0 Å². The van der Waals surface area contributed by atoms with Gasteiger partial charge in [-0.3, -0.25) is 10.1 Å². The van der Waals surface area contributed by atoms with Crippen molar-refractivity contribution in [2.24, 2.45) is 0 Å². The lowest BCUT2D eigenvalue weighted by Gasteiger charge is -2.21. The predicted molar refractivity (Wildman–Crippen MR) is 57.2 cm³/mol. The quantitative estimate of drug-likeness (QED) is 0.623. The lowest BCUT2D eigenvalue weighted by atomic mass is 10.00. The predicted octanol–water partition coefficient (Wildman–Crippen LogP) is -0.185. The molecule has 0 aromatic carbocycles. The van der Waals surface area contributed by atoms with Crippen LogP contribution in [0, 0.1) is 0 Å². The van der Waals surface area contributed by atoms with Crippen molar-refractivity contribution in [3.8, 4) is 0 Å². The zero-order valence-electron chi connectivity index (χ0n) is 9.78. The van der Waals surface area contributed by atoms with Crippen LogP contribution in [0.4, 0.5) is 9.59 Å². The number of rotatable bonds is 1. The second-order valence-electron chi connectivity index (χ2n) is 4.59. The summed E-state index contributed by atoms with van der Waals surface area (Å²) < 4.78 is 5.04. The van der Waals surface area contributed by atoms with Gasteiger partial charge in [0.1, 0.15) is 5.54 Å². The summed E-state index contributed by atoms with van der Waals surface area (Å²) >= 11 is 0. The van der Waals surface area contributed by atoms with Crippen molar-refractivity contribution >= 4 is 18.0 Å². The van der Waals surface area contributed by atoms with Crippen LogP contribution in [0.2, 0.25) is 0 Å². The molecule has 2 saturated heterocycles. The van der Waals surface area contributed by atoms with Crippen molar-refractivity contribution in [1.82, 2.24) is 15.5 Å². The van der Waals surface area contributed by atoms with Crippen molar-refractivity contribution in [3.05, 3.63) is 0 Å². The van der Waals surface area contributed by atoms with Crippen molar-refractivity contribution in [2.75, 3.05) is 13.1 Å². The van der Waals surface area contributed by atoms with Gasteiger partial charge >= 0.3 is 12.1 Å². The molecule has 2 aliphatic rings. The highest BCUT2D eigenvalue weighted by molar-refractivity contribution is 6.07. The minimum absolute atomic E-state index is 0.163. The maximum Gasteiger partial charge on any atom is 0.410 e. The molecule has 2 fully saturated rings. The maximum absolute atomic E-state index is 11.6. The molecule has 2 aliphatic heterocycles. The number of hydrogen-bond acceptors (Lipinski definition) is 4. The molecule has 2 rings (SSSR count). The van der Waals surface area contributed by atoms with E-state index in [1.54, 1.807) is 13.8 Å². The third-order valence-corrected chi connectivity index (χ3v) is 2.88. The molecular weight excluding hydrogens is 226 g/mol. The zero-order valence-corrected chi connectivity index (χ0v) is 9.78. The second-order valence-corrected chi connectivity index (χ2v) is 4.59. The Hall–Kier alpha value is -1.79. The maximum atomic E-state index is 11.6. The SMILES string of the molecule is CC(C)OC(=O)N1CCC2(C1)NC(=O)NC2=O. The number of likely N-dealkylation sites (tertiary alicyclic amines) is 1. The van der Waals surface area contributed by atoms with Gasteiger partial charge in [-0.1, -0.05) is 0 Å². The molecule has 1 unspecified atom stereocenters. The zero-order chi connectivity index (χ0) is 12.6. The average molecular weight is 241 g/mol. The first-order chi connectivity index (χ1) is 7.93. The molecule has 2 heterocycles. The lowest BCUT2D eigenvalue weighted by molar-refractivity contribution is -0.123. The van der Waals surface area contributed by atoms with Crippen molar-refractivity contribution in [1.29, 1.82) is 0 Å². The van der Waals surface area contributed by atoms with E-state index in [9.17, 15) is 14.4 Å². The standard InChI is InChI=1S/C10H15N3O4/c1-6(2)17-9(16)13-4-3-10(5-13)7(14)11-8(15)12-10/h6H,3-5H2,1-2H3,(H2,11,12,14,15). The highest BCUT2D eigenvalue weighted by Crippen LogP contribution is 2.25. The Morgan fingerprint density at radius 3 is 2.71 bits per heavy atom. The largest absolute Gasteiger partial charge is 0.447 e. The van der Waals surface area contributed by atoms with E-state index >= 15 is 0 Å². The number of carbonyl (C=O) groups excluding carboxylic acids is 3. The fourth-order valence-electron chi connectivity index (χ4n) is 2.06. The van der Waals surface area contributed by atoms with E-state index in [0.29, 0.717) is 13.0 Å². The van der Waals surface area contributed by atoms with Crippen LogP contribution in [-0.2, 0) is 9.53 Å². The number of carbonyl (C=O) groups is 3. The van der Waals surface area contributed by atoms with Crippen LogP contribution in [-0.4, -0.2) is 47.7 Å². The van der Waals surface area contributed by atoms with Crippen molar-refractivity contribution in [2.45, 2.75) is 31.9 Å². The summed E-state index contributed by atoms with van der Waals surface area (Å²) in [5.41, 5.74) is -0.965. The van der Waals surface area contributed by atoms with E-state index in [2.05, 4.69) is 10.6 Å². The van der Waals surface area contributed by atoms with Crippen LogP contribution >= 0.6 is 0 Å². The van der Waals surface area contributed by atoms with Gasteiger partial charge < -0.3 is 15.0 Å². The molecule has 7 heteroatoms. The Kier molecular flexibility index (Phi) is 2.68. The fourth-order valence-corrected chi connectivity index (χ4v) is 2.06. The average Bonchev–Trinajstić information content (AvgIpc) is 2.72. The Morgan fingerprint density at radius 2 is 2.18 bits per heavy atom. The normalized spacial score (nSPS) is 27.6. The van der Waals surface area contributed by atoms with Gasteiger partial charge in [-0.2, -0.15) is 0 Å². The van der Waals surface area contributed by atoms with Crippen LogP contribution in [0.15, 0.2) is 0 Å². The third kappa shape index (κ3) is 2.04. The summed E-state index contributed by atoms with van der Waals surface area (Å²) in [6, 6.07) is -0.505. The van der Waals surface area contributed by atoms with Crippen LogP contribution in [0.25, 0.3) is 0 Å². The van der Waals surface area contributed by atoms with Gasteiger partial charge in [0.2, 0.25) is 0 Å². The van der Waals surface area contributed by atoms with Gasteiger partial charge in [-0.05, 0) is 20.3 Å². The number of urea groups is 1. The first-order valence-electron chi connectivity index (χ1n) is 5.52. The van der Waals surface area contributed by atoms with E-state index in [4.69, 9.17) is 4.74 Å². The van der Waals surface area contributed by atoms with E-state index in [0.717, 1.165) is 0 Å². The molecule has 2 N–H and O–H groups in total. The van der Waals surface area contributed by atoms with Crippen LogP contribution in [0.5, 0.6) is 0 Å². The van der Waals surface area contributed by atoms with Crippen LogP contribution in [0.1, 0.15) is 20.3 Å². The highest BCUT2D eigenvalue weighted by atomic mass is 16.6. The topological polar surface area (TPSA) is 87.7 Å². The summed E-state index contributed by atoms with van der Waals surface area (Å²) in [5, 5.41) is 4.75. The number of ether oxygens (including phenoxy) is 1. The van der Waals surface area contributed by atoms with Crippen molar-refractivity contribution < 1.29 is 19.1 Å². The Labute approximate surface area is 98.5 Å². The van der Waals surface area contributed by atoms with Crippen LogP contribution in [0.3, 0.4) is 0 Å². The first-order valence-corrected chi connectivity index (χ1v) is 5.52. The minimum atomic E-state index is -0.965. The monoisotopic (exact) mass is 241 g/mol. The molecule has 7 nitrogen and oxygen atoms in total. The summed E-state index contributed by atoms with van der Waals surface area (Å²) in [6.07, 6.45) is -0.241. The molecule has 0 saturated carbocycles. The molecule has 4 amide bonds. The van der Waals surface area contributed by atoms with Gasteiger partial charge in [0.25, 0.3) is 5.91 Å². The number of hydrogen-bond donors (Lipinski definition) is 2. The molecule has 17 heavy (non-hydrogen) atoms. The highest BCUT2D eigenvalue weighted by Gasteiger charge is 2.52. The lowest BCUT2D eigenvalue weighted by Crippen LogP contribution is -2.49. The first kappa shape index (κ1) is 11.7.